The zero-order valence-corrected chi connectivity index (χ0v) is 12.6. The largest absolute Gasteiger partial charge is 0.370 e. The van der Waals surface area contributed by atoms with Crippen LogP contribution in [0.3, 0.4) is 0 Å². The van der Waals surface area contributed by atoms with Crippen LogP contribution in [0.5, 0.6) is 0 Å². The van der Waals surface area contributed by atoms with Gasteiger partial charge in [0.1, 0.15) is 0 Å². The first-order valence-electron chi connectivity index (χ1n) is 7.35. The Balaban J connectivity index is 1.86. The Morgan fingerprint density at radius 3 is 2.95 bits per heavy atom. The molecule has 0 amide bonds. The second-order valence-corrected chi connectivity index (χ2v) is 6.57. The van der Waals surface area contributed by atoms with Crippen LogP contribution in [0.4, 0.5) is 0 Å². The van der Waals surface area contributed by atoms with E-state index < -0.39 is 0 Å². The number of hydrogen-bond acceptors (Lipinski definition) is 3. The van der Waals surface area contributed by atoms with E-state index in [4.69, 9.17) is 4.74 Å². The zero-order chi connectivity index (χ0) is 13.9. The van der Waals surface area contributed by atoms with Crippen LogP contribution in [-0.4, -0.2) is 28.0 Å². The highest BCUT2D eigenvalue weighted by molar-refractivity contribution is 5.00. The van der Waals surface area contributed by atoms with Gasteiger partial charge in [-0.1, -0.05) is 13.8 Å². The van der Waals surface area contributed by atoms with E-state index in [1.54, 1.807) is 0 Å². The summed E-state index contributed by atoms with van der Waals surface area (Å²) >= 11 is 0. The molecule has 19 heavy (non-hydrogen) atoms. The van der Waals surface area contributed by atoms with Crippen molar-refractivity contribution in [3.63, 3.8) is 0 Å². The average molecular weight is 265 g/mol. The topological polar surface area (TPSA) is 39.1 Å². The van der Waals surface area contributed by atoms with Gasteiger partial charge in [-0.3, -0.25) is 4.68 Å². The molecule has 108 valence electrons. The molecule has 1 aliphatic heterocycles. The van der Waals surface area contributed by atoms with Crippen molar-refractivity contribution in [1.82, 2.24) is 15.1 Å². The van der Waals surface area contributed by atoms with Crippen molar-refractivity contribution < 1.29 is 4.74 Å². The van der Waals surface area contributed by atoms with Crippen LogP contribution in [0.2, 0.25) is 0 Å². The molecule has 0 aliphatic carbocycles. The van der Waals surface area contributed by atoms with Gasteiger partial charge >= 0.3 is 0 Å². The van der Waals surface area contributed by atoms with E-state index in [9.17, 15) is 0 Å². The van der Waals surface area contributed by atoms with Crippen molar-refractivity contribution in [1.29, 1.82) is 0 Å². The molecular weight excluding hydrogens is 238 g/mol. The van der Waals surface area contributed by atoms with Crippen molar-refractivity contribution in [2.45, 2.75) is 65.3 Å². The molecule has 1 saturated heterocycles. The van der Waals surface area contributed by atoms with Crippen LogP contribution in [0, 0.1) is 5.92 Å². The summed E-state index contributed by atoms with van der Waals surface area (Å²) < 4.78 is 8.12. The lowest BCUT2D eigenvalue weighted by molar-refractivity contribution is -0.0233. The van der Waals surface area contributed by atoms with Gasteiger partial charge in [-0.25, -0.2) is 0 Å². The average Bonchev–Trinajstić information content (AvgIpc) is 2.86. The smallest absolute Gasteiger partial charge is 0.0779 e. The maximum atomic E-state index is 6.04. The Morgan fingerprint density at radius 2 is 2.32 bits per heavy atom. The summed E-state index contributed by atoms with van der Waals surface area (Å²) in [6.07, 6.45) is 4.46. The van der Waals surface area contributed by atoms with Gasteiger partial charge in [-0.15, -0.1) is 0 Å². The lowest BCUT2D eigenvalue weighted by Crippen LogP contribution is -2.26. The van der Waals surface area contributed by atoms with Crippen molar-refractivity contribution in [3.05, 3.63) is 18.0 Å². The van der Waals surface area contributed by atoms with Crippen molar-refractivity contribution >= 4 is 0 Å². The minimum atomic E-state index is 0.0356. The third-order valence-electron chi connectivity index (χ3n) is 3.59. The SMILES string of the molecule is CC(C)CNCc1ccnn1CC1CCC(C)(C)O1. The Kier molecular flexibility index (Phi) is 4.63. The summed E-state index contributed by atoms with van der Waals surface area (Å²) in [6, 6.07) is 2.09. The first kappa shape index (κ1) is 14.5. The monoisotopic (exact) mass is 265 g/mol. The molecule has 1 unspecified atom stereocenters. The molecule has 0 spiro atoms. The number of nitrogens with one attached hydrogen (secondary N) is 1. The molecule has 1 fully saturated rings. The normalized spacial score (nSPS) is 22.3. The lowest BCUT2D eigenvalue weighted by atomic mass is 10.1. The Labute approximate surface area is 116 Å². The molecule has 1 aromatic heterocycles. The molecular formula is C15H27N3O. The van der Waals surface area contributed by atoms with Gasteiger partial charge in [0.05, 0.1) is 23.9 Å². The summed E-state index contributed by atoms with van der Waals surface area (Å²) in [5.41, 5.74) is 1.28. The third kappa shape index (κ3) is 4.32. The molecule has 4 nitrogen and oxygen atoms in total. The molecule has 2 heterocycles. The van der Waals surface area contributed by atoms with Crippen LogP contribution < -0.4 is 5.32 Å². The number of aromatic nitrogens is 2. The first-order valence-corrected chi connectivity index (χ1v) is 7.35. The van der Waals surface area contributed by atoms with Gasteiger partial charge in [-0.2, -0.15) is 5.10 Å². The molecule has 0 aromatic carbocycles. The maximum absolute atomic E-state index is 6.04. The van der Waals surface area contributed by atoms with Crippen LogP contribution in [0.1, 0.15) is 46.2 Å². The maximum Gasteiger partial charge on any atom is 0.0779 e. The fraction of sp³-hybridized carbons (Fsp3) is 0.800. The predicted molar refractivity (Wildman–Crippen MR) is 77.0 cm³/mol. The molecule has 2 rings (SSSR count). The first-order chi connectivity index (χ1) is 8.96. The molecule has 1 atom stereocenters. The summed E-state index contributed by atoms with van der Waals surface area (Å²) in [7, 11) is 0. The van der Waals surface area contributed by atoms with Gasteiger partial charge in [-0.05, 0) is 45.2 Å². The second-order valence-electron chi connectivity index (χ2n) is 6.57. The molecule has 0 radical (unpaired) electrons. The fourth-order valence-electron chi connectivity index (χ4n) is 2.56. The summed E-state index contributed by atoms with van der Waals surface area (Å²) in [6.45, 7) is 11.6. The lowest BCUT2D eigenvalue weighted by Gasteiger charge is -2.20. The molecule has 1 N–H and O–H groups in total. The third-order valence-corrected chi connectivity index (χ3v) is 3.59. The van der Waals surface area contributed by atoms with E-state index >= 15 is 0 Å². The standard InChI is InChI=1S/C15H27N3O/c1-12(2)9-16-10-13-6-8-17-18(13)11-14-5-7-15(3,4)19-14/h6,8,12,14,16H,5,7,9-11H2,1-4H3. The number of nitrogens with zero attached hydrogens (tertiary/aromatic N) is 2. The van der Waals surface area contributed by atoms with E-state index in [0.717, 1.165) is 32.5 Å². The fourth-order valence-corrected chi connectivity index (χ4v) is 2.56. The van der Waals surface area contributed by atoms with E-state index in [1.165, 1.54) is 5.69 Å². The minimum Gasteiger partial charge on any atom is -0.370 e. The van der Waals surface area contributed by atoms with Crippen LogP contribution in [-0.2, 0) is 17.8 Å². The van der Waals surface area contributed by atoms with E-state index in [-0.39, 0.29) is 5.60 Å². The van der Waals surface area contributed by atoms with Gasteiger partial charge in [0.15, 0.2) is 0 Å². The van der Waals surface area contributed by atoms with Gasteiger partial charge in [0, 0.05) is 12.7 Å². The van der Waals surface area contributed by atoms with Crippen molar-refractivity contribution in [2.24, 2.45) is 5.92 Å². The molecule has 0 saturated carbocycles. The van der Waals surface area contributed by atoms with Crippen LogP contribution in [0.15, 0.2) is 12.3 Å². The number of rotatable bonds is 6. The quantitative estimate of drug-likeness (QED) is 0.859. The van der Waals surface area contributed by atoms with Crippen molar-refractivity contribution in [2.75, 3.05) is 6.54 Å². The van der Waals surface area contributed by atoms with Gasteiger partial charge in [0.25, 0.3) is 0 Å². The molecule has 1 aliphatic rings. The predicted octanol–water partition coefficient (Wildman–Crippen LogP) is 2.59. The summed E-state index contributed by atoms with van der Waals surface area (Å²) in [5, 5.41) is 7.89. The highest BCUT2D eigenvalue weighted by Crippen LogP contribution is 2.30. The Bertz CT molecular complexity index is 398. The minimum absolute atomic E-state index is 0.0356. The molecule has 4 heteroatoms. The van der Waals surface area contributed by atoms with Crippen molar-refractivity contribution in [3.8, 4) is 0 Å². The molecule has 0 bridgehead atoms. The number of hydrogen-bond donors (Lipinski definition) is 1. The van der Waals surface area contributed by atoms with E-state index in [2.05, 4.69) is 48.9 Å². The Morgan fingerprint density at radius 1 is 1.53 bits per heavy atom. The van der Waals surface area contributed by atoms with Crippen LogP contribution >= 0.6 is 0 Å². The second kappa shape index (κ2) is 6.06. The van der Waals surface area contributed by atoms with E-state index in [1.807, 2.05) is 6.20 Å². The van der Waals surface area contributed by atoms with Gasteiger partial charge in [0.2, 0.25) is 0 Å². The molecule has 1 aromatic rings. The van der Waals surface area contributed by atoms with Gasteiger partial charge < -0.3 is 10.1 Å². The summed E-state index contributed by atoms with van der Waals surface area (Å²) in [4.78, 5) is 0. The number of ether oxygens (including phenoxy) is 1. The highest BCUT2D eigenvalue weighted by Gasteiger charge is 2.32. The Hall–Kier alpha value is -0.870. The summed E-state index contributed by atoms with van der Waals surface area (Å²) in [5.74, 6) is 0.676. The van der Waals surface area contributed by atoms with E-state index in [0.29, 0.717) is 12.0 Å². The zero-order valence-electron chi connectivity index (χ0n) is 12.6. The highest BCUT2D eigenvalue weighted by atomic mass is 16.5. The van der Waals surface area contributed by atoms with Crippen LogP contribution in [0.25, 0.3) is 0 Å².